The number of amides is 1. The molecule has 1 rings (SSSR count). The molecule has 18 heavy (non-hydrogen) atoms. The first-order chi connectivity index (χ1) is 8.22. The van der Waals surface area contributed by atoms with Gasteiger partial charge in [-0.1, -0.05) is 13.8 Å². The summed E-state index contributed by atoms with van der Waals surface area (Å²) in [6.07, 6.45) is 0. The molecule has 0 aromatic heterocycles. The van der Waals surface area contributed by atoms with Crippen molar-refractivity contribution in [1.82, 2.24) is 10.2 Å². The number of nitrogens with zero attached hydrogens (tertiary/aromatic N) is 1. The standard InChI is InChI=1S/C13H24N2O3/c1-9(2)11(12(17)18-13(3,4)5)15-7-6-14-8-10(15)16/h9,11,14H,6-8H2,1-5H3/t11-/m0/s1. The molecule has 1 atom stereocenters. The van der Waals surface area contributed by atoms with Crippen molar-refractivity contribution in [2.75, 3.05) is 19.6 Å². The second kappa shape index (κ2) is 5.69. The Morgan fingerprint density at radius 3 is 2.44 bits per heavy atom. The molecule has 0 unspecified atom stereocenters. The number of esters is 1. The third-order valence-electron chi connectivity index (χ3n) is 2.74. The zero-order chi connectivity index (χ0) is 13.9. The van der Waals surface area contributed by atoms with Gasteiger partial charge in [-0.3, -0.25) is 4.79 Å². The smallest absolute Gasteiger partial charge is 0.329 e. The van der Waals surface area contributed by atoms with E-state index in [1.54, 1.807) is 4.90 Å². The lowest BCUT2D eigenvalue weighted by atomic mass is 10.0. The number of rotatable bonds is 3. The van der Waals surface area contributed by atoms with Gasteiger partial charge in [0.25, 0.3) is 0 Å². The van der Waals surface area contributed by atoms with Crippen molar-refractivity contribution in [3.05, 3.63) is 0 Å². The zero-order valence-electron chi connectivity index (χ0n) is 11.9. The van der Waals surface area contributed by atoms with Crippen LogP contribution in [0.5, 0.6) is 0 Å². The van der Waals surface area contributed by atoms with Gasteiger partial charge in [-0.2, -0.15) is 0 Å². The average Bonchev–Trinajstić information content (AvgIpc) is 2.17. The first kappa shape index (κ1) is 15.0. The van der Waals surface area contributed by atoms with Gasteiger partial charge < -0.3 is 15.0 Å². The maximum absolute atomic E-state index is 12.2. The summed E-state index contributed by atoms with van der Waals surface area (Å²) >= 11 is 0. The monoisotopic (exact) mass is 256 g/mol. The van der Waals surface area contributed by atoms with Crippen LogP contribution in [-0.2, 0) is 14.3 Å². The topological polar surface area (TPSA) is 58.6 Å². The number of carbonyl (C=O) groups excluding carboxylic acids is 2. The number of piperazine rings is 1. The van der Waals surface area contributed by atoms with Crippen LogP contribution in [0.3, 0.4) is 0 Å². The Morgan fingerprint density at radius 1 is 1.39 bits per heavy atom. The molecule has 0 spiro atoms. The van der Waals surface area contributed by atoms with Crippen molar-refractivity contribution >= 4 is 11.9 Å². The molecule has 1 heterocycles. The minimum absolute atomic E-state index is 0.0363. The van der Waals surface area contributed by atoms with Crippen LogP contribution in [-0.4, -0.2) is 48.1 Å². The van der Waals surface area contributed by atoms with Gasteiger partial charge >= 0.3 is 5.97 Å². The normalized spacial score (nSPS) is 19.0. The second-order valence-corrected chi connectivity index (χ2v) is 5.99. The number of nitrogens with one attached hydrogen (secondary N) is 1. The number of carbonyl (C=O) groups is 2. The van der Waals surface area contributed by atoms with Crippen LogP contribution in [0.2, 0.25) is 0 Å². The molecule has 104 valence electrons. The molecule has 0 aromatic rings. The summed E-state index contributed by atoms with van der Waals surface area (Å²) in [7, 11) is 0. The van der Waals surface area contributed by atoms with Gasteiger partial charge in [0.1, 0.15) is 11.6 Å². The van der Waals surface area contributed by atoms with Gasteiger partial charge in [0.15, 0.2) is 0 Å². The third kappa shape index (κ3) is 3.98. The van der Waals surface area contributed by atoms with Crippen molar-refractivity contribution in [1.29, 1.82) is 0 Å². The highest BCUT2D eigenvalue weighted by Gasteiger charge is 2.36. The molecule has 1 N–H and O–H groups in total. The van der Waals surface area contributed by atoms with Crippen molar-refractivity contribution in [2.24, 2.45) is 5.92 Å². The highest BCUT2D eigenvalue weighted by Crippen LogP contribution is 2.18. The van der Waals surface area contributed by atoms with Crippen LogP contribution < -0.4 is 5.32 Å². The van der Waals surface area contributed by atoms with Gasteiger partial charge in [-0.25, -0.2) is 4.79 Å². The molecule has 5 heteroatoms. The molecule has 0 bridgehead atoms. The van der Waals surface area contributed by atoms with Crippen LogP contribution in [0.15, 0.2) is 0 Å². The number of hydrogen-bond acceptors (Lipinski definition) is 4. The summed E-state index contributed by atoms with van der Waals surface area (Å²) in [5.41, 5.74) is -0.526. The summed E-state index contributed by atoms with van der Waals surface area (Å²) in [6.45, 7) is 10.9. The molecule has 1 fully saturated rings. The van der Waals surface area contributed by atoms with Crippen LogP contribution in [0.25, 0.3) is 0 Å². The van der Waals surface area contributed by atoms with E-state index in [4.69, 9.17) is 4.74 Å². The minimum Gasteiger partial charge on any atom is -0.458 e. The van der Waals surface area contributed by atoms with Gasteiger partial charge in [-0.15, -0.1) is 0 Å². The van der Waals surface area contributed by atoms with E-state index in [2.05, 4.69) is 5.32 Å². The first-order valence-electron chi connectivity index (χ1n) is 6.45. The molecule has 0 radical (unpaired) electrons. The van der Waals surface area contributed by atoms with Crippen molar-refractivity contribution in [3.63, 3.8) is 0 Å². The van der Waals surface area contributed by atoms with E-state index >= 15 is 0 Å². The van der Waals surface area contributed by atoms with Crippen LogP contribution >= 0.6 is 0 Å². The SMILES string of the molecule is CC(C)[C@@H](C(=O)OC(C)(C)C)N1CCNCC1=O. The van der Waals surface area contributed by atoms with Crippen molar-refractivity contribution < 1.29 is 14.3 Å². The summed E-state index contributed by atoms with van der Waals surface area (Å²) < 4.78 is 5.41. The predicted octanol–water partition coefficient (Wildman–Crippen LogP) is 0.785. The Hall–Kier alpha value is -1.10. The van der Waals surface area contributed by atoms with Gasteiger partial charge in [0, 0.05) is 13.1 Å². The van der Waals surface area contributed by atoms with Crippen molar-refractivity contribution in [3.8, 4) is 0 Å². The summed E-state index contributed by atoms with van der Waals surface area (Å²) in [5.74, 6) is -0.305. The number of hydrogen-bond donors (Lipinski definition) is 1. The molecular formula is C13H24N2O3. The average molecular weight is 256 g/mol. The fraction of sp³-hybridized carbons (Fsp3) is 0.846. The molecule has 1 saturated heterocycles. The lowest BCUT2D eigenvalue weighted by Crippen LogP contribution is -2.57. The fourth-order valence-electron chi connectivity index (χ4n) is 2.04. The second-order valence-electron chi connectivity index (χ2n) is 5.99. The Kier molecular flexibility index (Phi) is 4.73. The zero-order valence-corrected chi connectivity index (χ0v) is 11.9. The Balaban J connectivity index is 2.81. The van der Waals surface area contributed by atoms with E-state index < -0.39 is 11.6 Å². The molecule has 0 aliphatic carbocycles. The molecule has 5 nitrogen and oxygen atoms in total. The van der Waals surface area contributed by atoms with Crippen LogP contribution in [0.4, 0.5) is 0 Å². The lowest BCUT2D eigenvalue weighted by Gasteiger charge is -2.37. The molecule has 1 aliphatic rings. The molecule has 0 aromatic carbocycles. The van der Waals surface area contributed by atoms with E-state index in [9.17, 15) is 9.59 Å². The maximum Gasteiger partial charge on any atom is 0.329 e. The molecule has 0 saturated carbocycles. The third-order valence-corrected chi connectivity index (χ3v) is 2.74. The molecule has 1 amide bonds. The predicted molar refractivity (Wildman–Crippen MR) is 69.1 cm³/mol. The maximum atomic E-state index is 12.2. The minimum atomic E-state index is -0.526. The van der Waals surface area contributed by atoms with E-state index in [1.165, 1.54) is 0 Å². The molecular weight excluding hydrogens is 232 g/mol. The largest absolute Gasteiger partial charge is 0.458 e. The Morgan fingerprint density at radius 2 is 2.00 bits per heavy atom. The Bertz CT molecular complexity index is 321. The van der Waals surface area contributed by atoms with Crippen LogP contribution in [0, 0.1) is 5.92 Å². The quantitative estimate of drug-likeness (QED) is 0.758. The molecule has 1 aliphatic heterocycles. The highest BCUT2D eigenvalue weighted by atomic mass is 16.6. The summed E-state index contributed by atoms with van der Waals surface area (Å²) in [5, 5.41) is 3.00. The van der Waals surface area contributed by atoms with Crippen molar-refractivity contribution in [2.45, 2.75) is 46.3 Å². The summed E-state index contributed by atoms with van der Waals surface area (Å²) in [6, 6.07) is -0.487. The Labute approximate surface area is 109 Å². The van der Waals surface area contributed by atoms with E-state index in [0.29, 0.717) is 13.1 Å². The van der Waals surface area contributed by atoms with Gasteiger partial charge in [0.05, 0.1) is 6.54 Å². The fourth-order valence-corrected chi connectivity index (χ4v) is 2.04. The lowest BCUT2D eigenvalue weighted by molar-refractivity contribution is -0.167. The van der Waals surface area contributed by atoms with E-state index in [-0.39, 0.29) is 17.8 Å². The first-order valence-corrected chi connectivity index (χ1v) is 6.45. The van der Waals surface area contributed by atoms with Gasteiger partial charge in [-0.05, 0) is 26.7 Å². The van der Waals surface area contributed by atoms with E-state index in [0.717, 1.165) is 6.54 Å². The van der Waals surface area contributed by atoms with Gasteiger partial charge in [0.2, 0.25) is 5.91 Å². The number of ether oxygens (including phenoxy) is 1. The highest BCUT2D eigenvalue weighted by molar-refractivity contribution is 5.86. The summed E-state index contributed by atoms with van der Waals surface area (Å²) in [4.78, 5) is 25.7. The van der Waals surface area contributed by atoms with Crippen LogP contribution in [0.1, 0.15) is 34.6 Å². The van der Waals surface area contributed by atoms with E-state index in [1.807, 2.05) is 34.6 Å².